The minimum absolute atomic E-state index is 0.0872. The Kier molecular flexibility index (Phi) is 10.4. The van der Waals surface area contributed by atoms with Gasteiger partial charge in [0.25, 0.3) is 0 Å². The molecule has 1 amide bonds. The summed E-state index contributed by atoms with van der Waals surface area (Å²) in [6.45, 7) is 8.62. The molecule has 0 N–H and O–H groups in total. The highest BCUT2D eigenvalue weighted by Gasteiger charge is 2.16. The zero-order valence-electron chi connectivity index (χ0n) is 15.1. The molecule has 0 bridgehead atoms. The van der Waals surface area contributed by atoms with Crippen molar-refractivity contribution in [2.45, 2.75) is 39.5 Å². The second-order valence-electron chi connectivity index (χ2n) is 5.70. The summed E-state index contributed by atoms with van der Waals surface area (Å²) in [5.74, 6) is -0.184. The first-order valence-electron chi connectivity index (χ1n) is 8.70. The Bertz CT molecular complexity index is 473. The maximum absolute atomic E-state index is 12.5. The molecule has 0 aliphatic carbocycles. The molecule has 0 aliphatic heterocycles. The Morgan fingerprint density at radius 1 is 1.12 bits per heavy atom. The molecule has 1 aromatic rings. The lowest BCUT2D eigenvalue weighted by atomic mass is 10.2. The van der Waals surface area contributed by atoms with Crippen molar-refractivity contribution in [2.75, 3.05) is 39.8 Å². The number of unbranched alkanes of at least 4 members (excludes halogenated alkanes) is 1. The van der Waals surface area contributed by atoms with Gasteiger partial charge in [-0.1, -0.05) is 19.9 Å². The maximum atomic E-state index is 12.5. The van der Waals surface area contributed by atoms with E-state index < -0.39 is 0 Å². The summed E-state index contributed by atoms with van der Waals surface area (Å²) in [7, 11) is 1.38. The van der Waals surface area contributed by atoms with Gasteiger partial charge in [0.15, 0.2) is 0 Å². The summed E-state index contributed by atoms with van der Waals surface area (Å²) in [5.41, 5.74) is 0. The molecule has 6 heteroatoms. The van der Waals surface area contributed by atoms with Crippen LogP contribution in [0.3, 0.4) is 0 Å². The van der Waals surface area contributed by atoms with Gasteiger partial charge in [-0.3, -0.25) is 9.59 Å². The van der Waals surface area contributed by atoms with E-state index in [1.807, 2.05) is 17.5 Å². The van der Waals surface area contributed by atoms with E-state index in [-0.39, 0.29) is 18.3 Å². The number of thiophene rings is 1. The monoisotopic (exact) mass is 354 g/mol. The third kappa shape index (κ3) is 7.93. The zero-order valence-corrected chi connectivity index (χ0v) is 15.9. The normalized spacial score (nSPS) is 10.8. The van der Waals surface area contributed by atoms with E-state index in [4.69, 9.17) is 4.74 Å². The van der Waals surface area contributed by atoms with Gasteiger partial charge in [-0.15, -0.1) is 11.3 Å². The van der Waals surface area contributed by atoms with Crippen molar-refractivity contribution >= 4 is 23.2 Å². The fraction of sp³-hybridized carbons (Fsp3) is 0.667. The van der Waals surface area contributed by atoms with E-state index in [2.05, 4.69) is 18.7 Å². The molecule has 136 valence electrons. The highest BCUT2D eigenvalue weighted by atomic mass is 32.1. The van der Waals surface area contributed by atoms with Gasteiger partial charge in [0.1, 0.15) is 0 Å². The zero-order chi connectivity index (χ0) is 17.8. The minimum Gasteiger partial charge on any atom is -0.469 e. The van der Waals surface area contributed by atoms with Gasteiger partial charge in [-0.2, -0.15) is 0 Å². The lowest BCUT2D eigenvalue weighted by Crippen LogP contribution is -2.35. The molecule has 0 unspecified atom stereocenters. The van der Waals surface area contributed by atoms with Gasteiger partial charge in [0.05, 0.1) is 20.0 Å². The standard InChI is InChI=1S/C18H30N2O3S/c1-4-19(5-2)11-6-7-12-20(13-10-18(22)23-3)17(21)15-16-9-8-14-24-16/h8-9,14H,4-7,10-13,15H2,1-3H3. The van der Waals surface area contributed by atoms with Crippen LogP contribution in [0.25, 0.3) is 0 Å². The summed E-state index contributed by atoms with van der Waals surface area (Å²) in [5, 5.41) is 1.98. The molecule has 5 nitrogen and oxygen atoms in total. The van der Waals surface area contributed by atoms with E-state index in [0.717, 1.165) is 37.4 Å². The Morgan fingerprint density at radius 2 is 1.83 bits per heavy atom. The van der Waals surface area contributed by atoms with Crippen LogP contribution in [0, 0.1) is 0 Å². The maximum Gasteiger partial charge on any atom is 0.307 e. The summed E-state index contributed by atoms with van der Waals surface area (Å²) >= 11 is 1.59. The third-order valence-corrected chi connectivity index (χ3v) is 4.99. The van der Waals surface area contributed by atoms with Crippen molar-refractivity contribution in [3.05, 3.63) is 22.4 Å². The van der Waals surface area contributed by atoms with E-state index in [1.54, 1.807) is 16.2 Å². The van der Waals surface area contributed by atoms with E-state index in [1.165, 1.54) is 7.11 Å². The van der Waals surface area contributed by atoms with E-state index >= 15 is 0 Å². The molecule has 1 rings (SSSR count). The van der Waals surface area contributed by atoms with Gasteiger partial charge in [-0.25, -0.2) is 0 Å². The Balaban J connectivity index is 2.47. The highest BCUT2D eigenvalue weighted by molar-refractivity contribution is 7.10. The van der Waals surface area contributed by atoms with Crippen LogP contribution < -0.4 is 0 Å². The van der Waals surface area contributed by atoms with Crippen molar-refractivity contribution in [3.8, 4) is 0 Å². The number of hydrogen-bond acceptors (Lipinski definition) is 5. The molecule has 0 fully saturated rings. The molecule has 0 atom stereocenters. The van der Waals surface area contributed by atoms with Crippen LogP contribution in [0.5, 0.6) is 0 Å². The number of amides is 1. The van der Waals surface area contributed by atoms with Crippen molar-refractivity contribution in [1.29, 1.82) is 0 Å². The van der Waals surface area contributed by atoms with Crippen molar-refractivity contribution in [1.82, 2.24) is 9.80 Å². The number of hydrogen-bond donors (Lipinski definition) is 0. The molecule has 0 aromatic carbocycles. The molecule has 1 aromatic heterocycles. The Labute approximate surface area is 149 Å². The molecular weight excluding hydrogens is 324 g/mol. The van der Waals surface area contributed by atoms with Crippen LogP contribution in [-0.2, 0) is 20.7 Å². The quantitative estimate of drug-likeness (QED) is 0.428. The summed E-state index contributed by atoms with van der Waals surface area (Å²) in [6.07, 6.45) is 2.67. The van der Waals surface area contributed by atoms with E-state index in [9.17, 15) is 9.59 Å². The fourth-order valence-electron chi connectivity index (χ4n) is 2.54. The van der Waals surface area contributed by atoms with Crippen molar-refractivity contribution in [2.24, 2.45) is 0 Å². The van der Waals surface area contributed by atoms with Crippen LogP contribution >= 0.6 is 11.3 Å². The molecular formula is C18H30N2O3S. The van der Waals surface area contributed by atoms with Gasteiger partial charge in [-0.05, 0) is 43.9 Å². The van der Waals surface area contributed by atoms with Crippen molar-refractivity contribution in [3.63, 3.8) is 0 Å². The number of methoxy groups -OCH3 is 1. The summed E-state index contributed by atoms with van der Waals surface area (Å²) < 4.78 is 4.69. The van der Waals surface area contributed by atoms with Gasteiger partial charge >= 0.3 is 5.97 Å². The Hall–Kier alpha value is -1.40. The first-order chi connectivity index (χ1) is 11.6. The molecule has 0 spiro atoms. The molecule has 24 heavy (non-hydrogen) atoms. The summed E-state index contributed by atoms with van der Waals surface area (Å²) in [4.78, 5) is 29.2. The van der Waals surface area contributed by atoms with E-state index in [0.29, 0.717) is 19.5 Å². The van der Waals surface area contributed by atoms with Gasteiger partial charge in [0, 0.05) is 18.0 Å². The first kappa shape index (κ1) is 20.6. The molecule has 0 radical (unpaired) electrons. The lowest BCUT2D eigenvalue weighted by molar-refractivity contribution is -0.141. The molecule has 0 saturated heterocycles. The number of carbonyl (C=O) groups is 2. The number of ether oxygens (including phenoxy) is 1. The number of carbonyl (C=O) groups excluding carboxylic acids is 2. The number of rotatable bonds is 12. The second-order valence-corrected chi connectivity index (χ2v) is 6.73. The first-order valence-corrected chi connectivity index (χ1v) is 9.58. The van der Waals surface area contributed by atoms with Gasteiger partial charge < -0.3 is 14.5 Å². The fourth-order valence-corrected chi connectivity index (χ4v) is 3.24. The van der Waals surface area contributed by atoms with Crippen LogP contribution in [0.4, 0.5) is 0 Å². The average molecular weight is 355 g/mol. The molecule has 1 heterocycles. The average Bonchev–Trinajstić information content (AvgIpc) is 3.10. The minimum atomic E-state index is -0.271. The molecule has 0 saturated carbocycles. The largest absolute Gasteiger partial charge is 0.469 e. The predicted molar refractivity (Wildman–Crippen MR) is 98.3 cm³/mol. The van der Waals surface area contributed by atoms with Crippen LogP contribution in [0.15, 0.2) is 17.5 Å². The predicted octanol–water partition coefficient (Wildman–Crippen LogP) is 2.80. The number of nitrogens with zero attached hydrogens (tertiary/aromatic N) is 2. The van der Waals surface area contributed by atoms with Gasteiger partial charge in [0.2, 0.25) is 5.91 Å². The van der Waals surface area contributed by atoms with Crippen LogP contribution in [-0.4, -0.2) is 61.5 Å². The molecule has 0 aliphatic rings. The topological polar surface area (TPSA) is 49.9 Å². The second kappa shape index (κ2) is 12.0. The van der Waals surface area contributed by atoms with Crippen molar-refractivity contribution < 1.29 is 14.3 Å². The lowest BCUT2D eigenvalue weighted by Gasteiger charge is -2.23. The smallest absolute Gasteiger partial charge is 0.307 e. The van der Waals surface area contributed by atoms with Crippen LogP contribution in [0.1, 0.15) is 38.0 Å². The highest BCUT2D eigenvalue weighted by Crippen LogP contribution is 2.11. The third-order valence-electron chi connectivity index (χ3n) is 4.12. The SMILES string of the molecule is CCN(CC)CCCCN(CCC(=O)OC)C(=O)Cc1cccs1. The summed E-state index contributed by atoms with van der Waals surface area (Å²) in [6, 6.07) is 3.93. The Morgan fingerprint density at radius 3 is 2.42 bits per heavy atom. The van der Waals surface area contributed by atoms with Crippen LogP contribution in [0.2, 0.25) is 0 Å². The number of esters is 1.